The van der Waals surface area contributed by atoms with Crippen LogP contribution in [0.4, 0.5) is 0 Å². The second-order valence-electron chi connectivity index (χ2n) is 4.78. The molecule has 2 heterocycles. The monoisotopic (exact) mass is 225 g/mol. The van der Waals surface area contributed by atoms with Gasteiger partial charge in [0.15, 0.2) is 0 Å². The van der Waals surface area contributed by atoms with Crippen LogP contribution in [-0.2, 0) is 4.79 Å². The van der Waals surface area contributed by atoms with Crippen molar-refractivity contribution in [2.24, 2.45) is 0 Å². The molecule has 0 atom stereocenters. The van der Waals surface area contributed by atoms with Crippen molar-refractivity contribution in [3.63, 3.8) is 0 Å². The first-order chi connectivity index (χ1) is 7.86. The van der Waals surface area contributed by atoms with Gasteiger partial charge < -0.3 is 15.1 Å². The van der Waals surface area contributed by atoms with E-state index in [1.54, 1.807) is 0 Å². The third kappa shape index (κ3) is 3.46. The fourth-order valence-corrected chi connectivity index (χ4v) is 2.51. The van der Waals surface area contributed by atoms with Crippen molar-refractivity contribution in [1.29, 1.82) is 0 Å². The maximum absolute atomic E-state index is 12.0. The van der Waals surface area contributed by atoms with Crippen LogP contribution < -0.4 is 5.32 Å². The van der Waals surface area contributed by atoms with Gasteiger partial charge in [-0.05, 0) is 38.9 Å². The van der Waals surface area contributed by atoms with Gasteiger partial charge in [0.1, 0.15) is 0 Å². The van der Waals surface area contributed by atoms with Crippen LogP contribution in [0.5, 0.6) is 0 Å². The average molecular weight is 225 g/mol. The Morgan fingerprint density at radius 1 is 1.00 bits per heavy atom. The van der Waals surface area contributed by atoms with Gasteiger partial charge in [0.05, 0.1) is 0 Å². The van der Waals surface area contributed by atoms with E-state index >= 15 is 0 Å². The van der Waals surface area contributed by atoms with Gasteiger partial charge in [0.2, 0.25) is 5.91 Å². The molecule has 0 unspecified atom stereocenters. The van der Waals surface area contributed by atoms with E-state index in [1.807, 2.05) is 4.90 Å². The molecule has 2 fully saturated rings. The summed E-state index contributed by atoms with van der Waals surface area (Å²) >= 11 is 0. The summed E-state index contributed by atoms with van der Waals surface area (Å²) in [6.45, 7) is 7.17. The van der Waals surface area contributed by atoms with Gasteiger partial charge in [0, 0.05) is 32.6 Å². The van der Waals surface area contributed by atoms with Crippen molar-refractivity contribution in [2.45, 2.75) is 25.7 Å². The summed E-state index contributed by atoms with van der Waals surface area (Å²) in [6.07, 6.45) is 4.42. The largest absolute Gasteiger partial charge is 0.341 e. The van der Waals surface area contributed by atoms with Crippen LogP contribution >= 0.6 is 0 Å². The van der Waals surface area contributed by atoms with Crippen molar-refractivity contribution in [3.8, 4) is 0 Å². The number of likely N-dealkylation sites (tertiary alicyclic amines) is 1. The molecule has 0 saturated carbocycles. The number of carbonyl (C=O) groups is 1. The van der Waals surface area contributed by atoms with Gasteiger partial charge in [-0.25, -0.2) is 0 Å². The highest BCUT2D eigenvalue weighted by Gasteiger charge is 2.17. The Balaban J connectivity index is 1.69. The van der Waals surface area contributed by atoms with E-state index < -0.39 is 0 Å². The highest BCUT2D eigenvalue weighted by molar-refractivity contribution is 5.76. The van der Waals surface area contributed by atoms with E-state index in [0.29, 0.717) is 12.3 Å². The van der Waals surface area contributed by atoms with Crippen molar-refractivity contribution >= 4 is 5.91 Å². The van der Waals surface area contributed by atoms with E-state index in [4.69, 9.17) is 0 Å². The van der Waals surface area contributed by atoms with Gasteiger partial charge in [-0.2, -0.15) is 0 Å². The normalized spacial score (nSPS) is 23.4. The number of hydrogen-bond donors (Lipinski definition) is 1. The first kappa shape index (κ1) is 11.9. The smallest absolute Gasteiger partial charge is 0.223 e. The quantitative estimate of drug-likeness (QED) is 0.750. The summed E-state index contributed by atoms with van der Waals surface area (Å²) in [4.78, 5) is 16.4. The van der Waals surface area contributed by atoms with Crippen LogP contribution in [0.1, 0.15) is 25.7 Å². The molecule has 0 aliphatic carbocycles. The maximum Gasteiger partial charge on any atom is 0.223 e. The Labute approximate surface area is 98.0 Å². The fourth-order valence-electron chi connectivity index (χ4n) is 2.51. The number of nitrogens with zero attached hydrogens (tertiary/aromatic N) is 2. The third-order valence-electron chi connectivity index (χ3n) is 3.53. The third-order valence-corrected chi connectivity index (χ3v) is 3.53. The molecule has 0 aromatic carbocycles. The van der Waals surface area contributed by atoms with E-state index in [0.717, 1.165) is 39.1 Å². The molecule has 2 saturated heterocycles. The summed E-state index contributed by atoms with van der Waals surface area (Å²) in [6, 6.07) is 0. The van der Waals surface area contributed by atoms with Gasteiger partial charge in [-0.1, -0.05) is 0 Å². The fraction of sp³-hybridized carbons (Fsp3) is 0.917. The minimum absolute atomic E-state index is 0.343. The Morgan fingerprint density at radius 3 is 2.62 bits per heavy atom. The molecule has 0 aromatic heterocycles. The van der Waals surface area contributed by atoms with Crippen LogP contribution in [-0.4, -0.2) is 61.5 Å². The van der Waals surface area contributed by atoms with Crippen LogP contribution in [0.3, 0.4) is 0 Å². The highest BCUT2D eigenvalue weighted by Crippen LogP contribution is 2.08. The number of amides is 1. The number of nitrogens with one attached hydrogen (secondary N) is 1. The second kappa shape index (κ2) is 6.21. The molecule has 0 spiro atoms. The van der Waals surface area contributed by atoms with Gasteiger partial charge in [-0.15, -0.1) is 0 Å². The lowest BCUT2D eigenvalue weighted by molar-refractivity contribution is -0.131. The van der Waals surface area contributed by atoms with Crippen molar-refractivity contribution < 1.29 is 4.79 Å². The molecule has 4 heteroatoms. The Bertz CT molecular complexity index is 218. The van der Waals surface area contributed by atoms with E-state index in [-0.39, 0.29) is 0 Å². The highest BCUT2D eigenvalue weighted by atomic mass is 16.2. The lowest BCUT2D eigenvalue weighted by Crippen LogP contribution is -2.36. The van der Waals surface area contributed by atoms with Crippen molar-refractivity contribution in [1.82, 2.24) is 15.1 Å². The van der Waals surface area contributed by atoms with E-state index in [9.17, 15) is 4.79 Å². The topological polar surface area (TPSA) is 35.6 Å². The molecule has 0 aromatic rings. The molecule has 1 N–H and O–H groups in total. The summed E-state index contributed by atoms with van der Waals surface area (Å²) in [7, 11) is 0. The molecule has 1 amide bonds. The number of hydrogen-bond acceptors (Lipinski definition) is 3. The molecular formula is C12H23N3O. The lowest BCUT2D eigenvalue weighted by atomic mass is 10.3. The first-order valence-corrected chi connectivity index (χ1v) is 6.57. The summed E-state index contributed by atoms with van der Waals surface area (Å²) in [5.74, 6) is 0.343. The molecule has 0 radical (unpaired) electrons. The number of carbonyl (C=O) groups excluding carboxylic acids is 1. The van der Waals surface area contributed by atoms with Crippen LogP contribution in [0.15, 0.2) is 0 Å². The van der Waals surface area contributed by atoms with Gasteiger partial charge in [0.25, 0.3) is 0 Å². The SMILES string of the molecule is O=C(CCN1CCCC1)N1CCCNCC1. The summed E-state index contributed by atoms with van der Waals surface area (Å²) < 4.78 is 0. The first-order valence-electron chi connectivity index (χ1n) is 6.57. The predicted molar refractivity (Wildman–Crippen MR) is 64.4 cm³/mol. The minimum atomic E-state index is 0.343. The summed E-state index contributed by atoms with van der Waals surface area (Å²) in [5, 5.41) is 3.32. The van der Waals surface area contributed by atoms with Crippen LogP contribution in [0.25, 0.3) is 0 Å². The van der Waals surface area contributed by atoms with Gasteiger partial charge >= 0.3 is 0 Å². The lowest BCUT2D eigenvalue weighted by Gasteiger charge is -2.21. The predicted octanol–water partition coefficient (Wildman–Crippen LogP) is 0.294. The Hall–Kier alpha value is -0.610. The minimum Gasteiger partial charge on any atom is -0.341 e. The van der Waals surface area contributed by atoms with Crippen molar-refractivity contribution in [3.05, 3.63) is 0 Å². The molecule has 0 bridgehead atoms. The zero-order valence-corrected chi connectivity index (χ0v) is 10.1. The van der Waals surface area contributed by atoms with E-state index in [2.05, 4.69) is 10.2 Å². The summed E-state index contributed by atoms with van der Waals surface area (Å²) in [5.41, 5.74) is 0. The number of rotatable bonds is 3. The molecule has 4 nitrogen and oxygen atoms in total. The molecule has 16 heavy (non-hydrogen) atoms. The van der Waals surface area contributed by atoms with Crippen LogP contribution in [0, 0.1) is 0 Å². The molecule has 92 valence electrons. The Morgan fingerprint density at radius 2 is 1.81 bits per heavy atom. The zero-order valence-electron chi connectivity index (χ0n) is 10.1. The van der Waals surface area contributed by atoms with E-state index in [1.165, 1.54) is 25.9 Å². The maximum atomic E-state index is 12.0. The van der Waals surface area contributed by atoms with Crippen LogP contribution in [0.2, 0.25) is 0 Å². The molecule has 2 aliphatic heterocycles. The molecule has 2 aliphatic rings. The molecular weight excluding hydrogens is 202 g/mol. The van der Waals surface area contributed by atoms with Crippen molar-refractivity contribution in [2.75, 3.05) is 45.8 Å². The standard InChI is InChI=1S/C12H23N3O/c16-12(4-10-14-7-1-2-8-14)15-9-3-5-13-6-11-15/h13H,1-11H2. The van der Waals surface area contributed by atoms with Gasteiger partial charge in [-0.3, -0.25) is 4.79 Å². The average Bonchev–Trinajstić information content (AvgIpc) is 2.66. The Kier molecular flexibility index (Phi) is 4.60. The molecule has 2 rings (SSSR count). The zero-order chi connectivity index (χ0) is 11.2. The second-order valence-corrected chi connectivity index (χ2v) is 4.78.